The summed E-state index contributed by atoms with van der Waals surface area (Å²) in [7, 11) is 1.64. The Morgan fingerprint density at radius 1 is 1.16 bits per heavy atom. The number of rotatable bonds is 5. The zero-order valence-corrected chi connectivity index (χ0v) is 19.4. The number of nitrogens with one attached hydrogen (secondary N) is 1. The van der Waals surface area contributed by atoms with Crippen molar-refractivity contribution in [2.75, 3.05) is 38.2 Å². The molecule has 1 aliphatic rings. The molecule has 1 aliphatic heterocycles. The van der Waals surface area contributed by atoms with Gasteiger partial charge >= 0.3 is 6.03 Å². The fourth-order valence-corrected chi connectivity index (χ4v) is 4.04. The lowest BCUT2D eigenvalue weighted by Crippen LogP contribution is -2.51. The van der Waals surface area contributed by atoms with Crippen LogP contribution in [-0.2, 0) is 6.54 Å². The molecular weight excluding hydrogens is 451 g/mol. The Morgan fingerprint density at radius 2 is 1.94 bits per heavy atom. The summed E-state index contributed by atoms with van der Waals surface area (Å²) in [6, 6.07) is 11.3. The summed E-state index contributed by atoms with van der Waals surface area (Å²) in [4.78, 5) is 20.8. The Kier molecular flexibility index (Phi) is 6.72. The maximum Gasteiger partial charge on any atom is 0.317 e. The number of halogens is 2. The molecule has 8 nitrogen and oxygen atoms in total. The predicted octanol–water partition coefficient (Wildman–Crippen LogP) is 3.92. The molecule has 0 bridgehead atoms. The highest BCUT2D eigenvalue weighted by Gasteiger charge is 2.22. The maximum atomic E-state index is 12.6. The number of carbonyl (C=O) groups excluding carboxylic acids is 1. The second-order valence-corrected chi connectivity index (χ2v) is 8.22. The molecule has 0 unspecified atom stereocenters. The molecule has 2 amide bonds. The predicted molar refractivity (Wildman–Crippen MR) is 125 cm³/mol. The zero-order valence-electron chi connectivity index (χ0n) is 17.9. The summed E-state index contributed by atoms with van der Waals surface area (Å²) in [6.07, 6.45) is 1.67. The van der Waals surface area contributed by atoms with E-state index in [0.717, 1.165) is 30.0 Å². The summed E-state index contributed by atoms with van der Waals surface area (Å²) in [5, 5.41) is 8.23. The number of methoxy groups -OCH3 is 1. The molecule has 1 fully saturated rings. The van der Waals surface area contributed by atoms with Crippen molar-refractivity contribution in [2.24, 2.45) is 0 Å². The van der Waals surface area contributed by atoms with Crippen LogP contribution in [0.5, 0.6) is 5.75 Å². The van der Waals surface area contributed by atoms with Gasteiger partial charge < -0.3 is 19.9 Å². The van der Waals surface area contributed by atoms with E-state index in [4.69, 9.17) is 27.9 Å². The third-order valence-electron chi connectivity index (χ3n) is 5.41. The molecule has 0 atom stereocenters. The van der Waals surface area contributed by atoms with Crippen molar-refractivity contribution in [1.82, 2.24) is 25.0 Å². The first-order valence-corrected chi connectivity index (χ1v) is 11.0. The maximum absolute atomic E-state index is 12.6. The van der Waals surface area contributed by atoms with Crippen molar-refractivity contribution >= 4 is 34.9 Å². The minimum atomic E-state index is -0.116. The summed E-state index contributed by atoms with van der Waals surface area (Å²) in [5.74, 6) is 1.41. The van der Waals surface area contributed by atoms with Gasteiger partial charge in [-0.1, -0.05) is 35.3 Å². The molecule has 1 aromatic heterocycles. The van der Waals surface area contributed by atoms with Crippen LogP contribution in [0, 0.1) is 6.92 Å². The van der Waals surface area contributed by atoms with Crippen LogP contribution >= 0.6 is 23.2 Å². The first-order valence-electron chi connectivity index (χ1n) is 10.2. The standard InChI is InChI=1S/C22H24Cl2N6O2/c1-15-26-14-30(27-15)19-7-6-17(12-20(19)32-2)28-8-10-29(11-9-28)22(31)25-13-16-4-3-5-18(23)21(16)24/h3-7,12,14H,8-11,13H2,1-2H3,(H,25,31). The Morgan fingerprint density at radius 3 is 2.62 bits per heavy atom. The number of aromatic nitrogens is 3. The van der Waals surface area contributed by atoms with Crippen LogP contribution in [0.3, 0.4) is 0 Å². The minimum absolute atomic E-state index is 0.116. The molecule has 0 radical (unpaired) electrons. The number of piperazine rings is 1. The molecule has 1 saturated heterocycles. The van der Waals surface area contributed by atoms with Gasteiger partial charge in [-0.3, -0.25) is 0 Å². The molecular formula is C22H24Cl2N6O2. The van der Waals surface area contributed by atoms with Crippen molar-refractivity contribution in [3.63, 3.8) is 0 Å². The lowest BCUT2D eigenvalue weighted by Gasteiger charge is -2.36. The van der Waals surface area contributed by atoms with E-state index < -0.39 is 0 Å². The molecule has 4 rings (SSSR count). The number of carbonyl (C=O) groups is 1. The number of aryl methyl sites for hydroxylation is 1. The summed E-state index contributed by atoms with van der Waals surface area (Å²) in [5.41, 5.74) is 2.66. The summed E-state index contributed by atoms with van der Waals surface area (Å²) in [6.45, 7) is 4.84. The third kappa shape index (κ3) is 4.76. The molecule has 2 heterocycles. The van der Waals surface area contributed by atoms with E-state index in [1.165, 1.54) is 0 Å². The summed E-state index contributed by atoms with van der Waals surface area (Å²) >= 11 is 12.2. The van der Waals surface area contributed by atoms with Gasteiger partial charge in [0.25, 0.3) is 0 Å². The molecule has 0 spiro atoms. The Hall–Kier alpha value is -2.97. The average Bonchev–Trinajstić information content (AvgIpc) is 3.25. The Labute approximate surface area is 196 Å². The SMILES string of the molecule is COc1cc(N2CCN(C(=O)NCc3cccc(Cl)c3Cl)CC2)ccc1-n1cnc(C)n1. The number of ether oxygens (including phenoxy) is 1. The topological polar surface area (TPSA) is 75.5 Å². The van der Waals surface area contributed by atoms with E-state index >= 15 is 0 Å². The van der Waals surface area contributed by atoms with Crippen LogP contribution in [-0.4, -0.2) is 59.0 Å². The molecule has 2 aromatic carbocycles. The van der Waals surface area contributed by atoms with Crippen LogP contribution in [0.4, 0.5) is 10.5 Å². The first-order chi connectivity index (χ1) is 15.5. The monoisotopic (exact) mass is 474 g/mol. The number of urea groups is 1. The number of nitrogens with zero attached hydrogens (tertiary/aromatic N) is 5. The quantitative estimate of drug-likeness (QED) is 0.606. The van der Waals surface area contributed by atoms with Gasteiger partial charge in [-0.25, -0.2) is 14.5 Å². The van der Waals surface area contributed by atoms with Crippen molar-refractivity contribution in [2.45, 2.75) is 13.5 Å². The number of amides is 2. The highest BCUT2D eigenvalue weighted by molar-refractivity contribution is 6.42. The summed E-state index contributed by atoms with van der Waals surface area (Å²) < 4.78 is 7.28. The lowest BCUT2D eigenvalue weighted by molar-refractivity contribution is 0.194. The van der Waals surface area contributed by atoms with Gasteiger partial charge in [0.05, 0.1) is 17.2 Å². The largest absolute Gasteiger partial charge is 0.494 e. The van der Waals surface area contributed by atoms with Crippen molar-refractivity contribution in [1.29, 1.82) is 0 Å². The van der Waals surface area contributed by atoms with E-state index in [2.05, 4.69) is 20.3 Å². The van der Waals surface area contributed by atoms with E-state index in [1.807, 2.05) is 37.3 Å². The van der Waals surface area contributed by atoms with Crippen LogP contribution in [0.1, 0.15) is 11.4 Å². The van der Waals surface area contributed by atoms with Crippen molar-refractivity contribution in [3.05, 3.63) is 64.2 Å². The van der Waals surface area contributed by atoms with E-state index in [0.29, 0.717) is 41.3 Å². The van der Waals surface area contributed by atoms with Crippen LogP contribution in [0.2, 0.25) is 10.0 Å². The van der Waals surface area contributed by atoms with E-state index in [1.54, 1.807) is 29.1 Å². The Bertz CT molecular complexity index is 1110. The minimum Gasteiger partial charge on any atom is -0.494 e. The zero-order chi connectivity index (χ0) is 22.7. The van der Waals surface area contributed by atoms with Gasteiger partial charge in [0, 0.05) is 44.5 Å². The molecule has 0 saturated carbocycles. The highest BCUT2D eigenvalue weighted by Crippen LogP contribution is 2.29. The molecule has 3 aromatic rings. The first kappa shape index (κ1) is 22.2. The fraction of sp³-hybridized carbons (Fsp3) is 0.318. The highest BCUT2D eigenvalue weighted by atomic mass is 35.5. The van der Waals surface area contributed by atoms with Gasteiger partial charge in [0.2, 0.25) is 0 Å². The van der Waals surface area contributed by atoms with Crippen LogP contribution < -0.4 is 15.0 Å². The van der Waals surface area contributed by atoms with Crippen molar-refractivity contribution < 1.29 is 9.53 Å². The fourth-order valence-electron chi connectivity index (χ4n) is 3.65. The molecule has 0 aliphatic carbocycles. The molecule has 168 valence electrons. The smallest absolute Gasteiger partial charge is 0.317 e. The van der Waals surface area contributed by atoms with Gasteiger partial charge in [0.1, 0.15) is 23.6 Å². The van der Waals surface area contributed by atoms with E-state index in [9.17, 15) is 4.79 Å². The Balaban J connectivity index is 1.36. The average molecular weight is 475 g/mol. The van der Waals surface area contributed by atoms with Gasteiger partial charge in [-0.15, -0.1) is 0 Å². The number of anilines is 1. The van der Waals surface area contributed by atoms with Crippen molar-refractivity contribution in [3.8, 4) is 11.4 Å². The van der Waals surface area contributed by atoms with Gasteiger partial charge in [0.15, 0.2) is 0 Å². The van der Waals surface area contributed by atoms with Gasteiger partial charge in [-0.2, -0.15) is 5.10 Å². The molecule has 10 heteroatoms. The second kappa shape index (κ2) is 9.67. The van der Waals surface area contributed by atoms with Crippen LogP contribution in [0.25, 0.3) is 5.69 Å². The molecule has 1 N–H and O–H groups in total. The van der Waals surface area contributed by atoms with Gasteiger partial charge in [-0.05, 0) is 30.7 Å². The lowest BCUT2D eigenvalue weighted by atomic mass is 10.2. The second-order valence-electron chi connectivity index (χ2n) is 7.44. The van der Waals surface area contributed by atoms with E-state index in [-0.39, 0.29) is 6.03 Å². The normalized spacial score (nSPS) is 13.9. The molecule has 32 heavy (non-hydrogen) atoms. The number of hydrogen-bond acceptors (Lipinski definition) is 5. The van der Waals surface area contributed by atoms with Crippen LogP contribution in [0.15, 0.2) is 42.7 Å². The number of benzene rings is 2. The third-order valence-corrected chi connectivity index (χ3v) is 6.27. The number of hydrogen-bond donors (Lipinski definition) is 1.